The van der Waals surface area contributed by atoms with E-state index in [2.05, 4.69) is 6.92 Å². The molecule has 0 aromatic rings. The van der Waals surface area contributed by atoms with Crippen LogP contribution in [-0.2, 0) is 16.3 Å². The predicted molar refractivity (Wildman–Crippen MR) is 69.3 cm³/mol. The van der Waals surface area contributed by atoms with Gasteiger partial charge in [0.15, 0.2) is 0 Å². The minimum absolute atomic E-state index is 0.335. The van der Waals surface area contributed by atoms with Crippen LogP contribution in [0.4, 0.5) is 0 Å². The largest absolute Gasteiger partial charge is 0.337 e. The van der Waals surface area contributed by atoms with E-state index in [1.165, 1.54) is 24.2 Å². The predicted octanol–water partition coefficient (Wildman–Crippen LogP) is 3.94. The summed E-state index contributed by atoms with van der Waals surface area (Å²) in [7, 11) is 0. The van der Waals surface area contributed by atoms with Gasteiger partial charge in [-0.2, -0.15) is 0 Å². The highest BCUT2D eigenvalue weighted by Crippen LogP contribution is 2.57. The lowest BCUT2D eigenvalue weighted by Gasteiger charge is -2.16. The van der Waals surface area contributed by atoms with Gasteiger partial charge in [0.1, 0.15) is 0 Å². The molecule has 0 aromatic carbocycles. The molecular weight excluding hydrogens is 235 g/mol. The Morgan fingerprint density at radius 1 is 1.36 bits per heavy atom. The SMILES string of the molecule is CCCCCCOP(O)(=S)SC(C)C. The zero-order valence-electron chi connectivity index (χ0n) is 9.23. The summed E-state index contributed by atoms with van der Waals surface area (Å²) in [5.41, 5.74) is -2.55. The van der Waals surface area contributed by atoms with E-state index < -0.39 is 5.69 Å². The van der Waals surface area contributed by atoms with E-state index in [4.69, 9.17) is 16.3 Å². The number of rotatable bonds is 8. The Labute approximate surface area is 96.7 Å². The highest BCUT2D eigenvalue weighted by atomic mass is 32.9. The monoisotopic (exact) mass is 256 g/mol. The summed E-state index contributed by atoms with van der Waals surface area (Å²) in [5, 5.41) is 0.335. The van der Waals surface area contributed by atoms with Crippen molar-refractivity contribution in [2.75, 3.05) is 6.61 Å². The lowest BCUT2D eigenvalue weighted by Crippen LogP contribution is -1.93. The van der Waals surface area contributed by atoms with Crippen LogP contribution in [-0.4, -0.2) is 16.8 Å². The van der Waals surface area contributed by atoms with Gasteiger partial charge in [-0.15, -0.1) is 0 Å². The number of hydrogen-bond acceptors (Lipinski definition) is 3. The Morgan fingerprint density at radius 3 is 2.50 bits per heavy atom. The molecule has 0 spiro atoms. The van der Waals surface area contributed by atoms with E-state index in [9.17, 15) is 4.89 Å². The van der Waals surface area contributed by atoms with E-state index in [-0.39, 0.29) is 0 Å². The van der Waals surface area contributed by atoms with E-state index in [0.717, 1.165) is 12.8 Å². The fourth-order valence-electron chi connectivity index (χ4n) is 1.01. The van der Waals surface area contributed by atoms with Crippen molar-refractivity contribution in [1.29, 1.82) is 0 Å². The molecule has 2 nitrogen and oxygen atoms in total. The molecule has 0 aliphatic heterocycles. The summed E-state index contributed by atoms with van der Waals surface area (Å²) < 4.78 is 5.33. The molecule has 0 saturated carbocycles. The molecule has 0 rings (SSSR count). The van der Waals surface area contributed by atoms with Gasteiger partial charge in [0.05, 0.1) is 6.61 Å². The average molecular weight is 256 g/mol. The molecule has 0 saturated heterocycles. The van der Waals surface area contributed by atoms with E-state index in [1.807, 2.05) is 13.8 Å². The maximum absolute atomic E-state index is 9.71. The van der Waals surface area contributed by atoms with Gasteiger partial charge in [0, 0.05) is 5.25 Å². The van der Waals surface area contributed by atoms with Crippen LogP contribution in [0.2, 0.25) is 0 Å². The lowest BCUT2D eigenvalue weighted by molar-refractivity contribution is 0.308. The van der Waals surface area contributed by atoms with Crippen molar-refractivity contribution in [2.45, 2.75) is 51.7 Å². The van der Waals surface area contributed by atoms with Crippen LogP contribution in [0.5, 0.6) is 0 Å². The number of unbranched alkanes of at least 4 members (excludes halogenated alkanes) is 3. The molecule has 0 radical (unpaired) electrons. The first-order chi connectivity index (χ1) is 6.48. The first-order valence-corrected chi connectivity index (χ1v) is 9.29. The van der Waals surface area contributed by atoms with Gasteiger partial charge in [-0.1, -0.05) is 51.4 Å². The van der Waals surface area contributed by atoms with Crippen LogP contribution in [0, 0.1) is 0 Å². The Balaban J connectivity index is 3.51. The summed E-state index contributed by atoms with van der Waals surface area (Å²) in [5.74, 6) is 0. The fraction of sp³-hybridized carbons (Fsp3) is 1.00. The standard InChI is InChI=1S/C9H21O2PS2/c1-4-5-6-7-8-11-12(10,13)14-9(2)3/h9H,4-8H2,1-3H3,(H,10,13). The molecule has 14 heavy (non-hydrogen) atoms. The smallest absolute Gasteiger partial charge is 0.244 e. The first-order valence-electron chi connectivity index (χ1n) is 5.13. The van der Waals surface area contributed by atoms with E-state index in [1.54, 1.807) is 0 Å². The molecule has 0 aromatic heterocycles. The van der Waals surface area contributed by atoms with Crippen LogP contribution in [0.25, 0.3) is 0 Å². The average Bonchev–Trinajstić information content (AvgIpc) is 2.01. The molecular formula is C9H21O2PS2. The maximum Gasteiger partial charge on any atom is 0.244 e. The second-order valence-corrected chi connectivity index (χ2v) is 10.2. The van der Waals surface area contributed by atoms with Gasteiger partial charge in [-0.05, 0) is 18.2 Å². The van der Waals surface area contributed by atoms with Crippen molar-refractivity contribution < 1.29 is 9.42 Å². The van der Waals surface area contributed by atoms with Gasteiger partial charge in [0.2, 0.25) is 5.69 Å². The third kappa shape index (κ3) is 9.47. The maximum atomic E-state index is 9.71. The second-order valence-electron chi connectivity index (χ2n) is 3.52. The molecule has 1 atom stereocenters. The summed E-state index contributed by atoms with van der Waals surface area (Å²) in [6.45, 7) is 6.81. The van der Waals surface area contributed by atoms with Crippen LogP contribution < -0.4 is 0 Å². The molecule has 0 aliphatic rings. The van der Waals surface area contributed by atoms with Crippen LogP contribution in [0.1, 0.15) is 46.5 Å². The molecule has 0 fully saturated rings. The van der Waals surface area contributed by atoms with Crippen molar-refractivity contribution in [3.8, 4) is 0 Å². The van der Waals surface area contributed by atoms with Crippen LogP contribution >= 0.6 is 17.1 Å². The first kappa shape index (κ1) is 14.9. The molecule has 1 unspecified atom stereocenters. The molecule has 0 bridgehead atoms. The van der Waals surface area contributed by atoms with Crippen molar-refractivity contribution in [1.82, 2.24) is 0 Å². The fourth-order valence-corrected chi connectivity index (χ4v) is 5.74. The van der Waals surface area contributed by atoms with Crippen molar-refractivity contribution in [2.24, 2.45) is 0 Å². The van der Waals surface area contributed by atoms with Gasteiger partial charge < -0.3 is 9.42 Å². The molecule has 1 N–H and O–H groups in total. The third-order valence-electron chi connectivity index (χ3n) is 1.60. The third-order valence-corrected chi connectivity index (χ3v) is 6.26. The normalized spacial score (nSPS) is 15.8. The van der Waals surface area contributed by atoms with Gasteiger partial charge in [0.25, 0.3) is 0 Å². The molecule has 5 heteroatoms. The highest BCUT2D eigenvalue weighted by molar-refractivity contribution is 8.67. The van der Waals surface area contributed by atoms with Crippen molar-refractivity contribution in [3.05, 3.63) is 0 Å². The zero-order valence-corrected chi connectivity index (χ0v) is 11.8. The molecule has 86 valence electrons. The van der Waals surface area contributed by atoms with E-state index >= 15 is 0 Å². The summed E-state index contributed by atoms with van der Waals surface area (Å²) in [6.07, 6.45) is 4.62. The minimum atomic E-state index is -2.55. The van der Waals surface area contributed by atoms with Crippen LogP contribution in [0.3, 0.4) is 0 Å². The van der Waals surface area contributed by atoms with Crippen molar-refractivity contribution in [3.63, 3.8) is 0 Å². The Kier molecular flexibility index (Phi) is 8.65. The molecule has 0 aliphatic carbocycles. The van der Waals surface area contributed by atoms with Crippen molar-refractivity contribution >= 4 is 28.9 Å². The topological polar surface area (TPSA) is 29.5 Å². The van der Waals surface area contributed by atoms with Gasteiger partial charge >= 0.3 is 0 Å². The number of hydrogen-bond donors (Lipinski definition) is 1. The summed E-state index contributed by atoms with van der Waals surface area (Å²) in [4.78, 5) is 9.71. The Bertz CT molecular complexity index is 186. The molecule has 0 amide bonds. The zero-order chi connectivity index (χ0) is 11.0. The summed E-state index contributed by atoms with van der Waals surface area (Å²) >= 11 is 6.38. The Morgan fingerprint density at radius 2 is 2.00 bits per heavy atom. The van der Waals surface area contributed by atoms with Crippen LogP contribution in [0.15, 0.2) is 0 Å². The molecule has 0 heterocycles. The Hall–Kier alpha value is 0.920. The van der Waals surface area contributed by atoms with E-state index in [0.29, 0.717) is 11.9 Å². The van der Waals surface area contributed by atoms with Gasteiger partial charge in [-0.3, -0.25) is 0 Å². The lowest BCUT2D eigenvalue weighted by atomic mass is 10.2. The highest BCUT2D eigenvalue weighted by Gasteiger charge is 2.16. The second kappa shape index (κ2) is 8.12. The summed E-state index contributed by atoms with van der Waals surface area (Å²) in [6, 6.07) is 0. The quantitative estimate of drug-likeness (QED) is 0.526. The minimum Gasteiger partial charge on any atom is -0.337 e. The van der Waals surface area contributed by atoms with Gasteiger partial charge in [-0.25, -0.2) is 0 Å².